The lowest BCUT2D eigenvalue weighted by Crippen LogP contribution is -2.34. The van der Waals surface area contributed by atoms with Crippen LogP contribution in [0.15, 0.2) is 29.2 Å². The quantitative estimate of drug-likeness (QED) is 0.822. The maximum Gasteiger partial charge on any atom is 0.307 e. The standard InChI is InChI=1S/C13H17NO4S/c1-9(8-12(15)18-2)14-13(16)10-4-6-11(7-5-10)19(3)17/h4-7,9H,8H2,1-3H3,(H,14,16). The van der Waals surface area contributed by atoms with Crippen molar-refractivity contribution in [2.75, 3.05) is 13.4 Å². The van der Waals surface area contributed by atoms with Crippen molar-refractivity contribution in [3.8, 4) is 0 Å². The highest BCUT2D eigenvalue weighted by Crippen LogP contribution is 2.08. The summed E-state index contributed by atoms with van der Waals surface area (Å²) >= 11 is 0. The molecular weight excluding hydrogens is 266 g/mol. The van der Waals surface area contributed by atoms with E-state index in [2.05, 4.69) is 10.1 Å². The van der Waals surface area contributed by atoms with E-state index in [9.17, 15) is 13.8 Å². The zero-order chi connectivity index (χ0) is 14.4. The third-order valence-electron chi connectivity index (χ3n) is 2.53. The van der Waals surface area contributed by atoms with Crippen molar-refractivity contribution in [1.82, 2.24) is 5.32 Å². The first-order valence-electron chi connectivity index (χ1n) is 5.75. The van der Waals surface area contributed by atoms with Gasteiger partial charge in [-0.1, -0.05) is 0 Å². The predicted octanol–water partition coefficient (Wildman–Crippen LogP) is 1.11. The normalized spacial score (nSPS) is 13.4. The number of nitrogens with one attached hydrogen (secondary N) is 1. The molecule has 0 saturated heterocycles. The molecular formula is C13H17NO4S. The Bertz CT molecular complexity index is 484. The van der Waals surface area contributed by atoms with Crippen molar-refractivity contribution < 1.29 is 18.5 Å². The minimum Gasteiger partial charge on any atom is -0.469 e. The number of methoxy groups -OCH3 is 1. The van der Waals surface area contributed by atoms with Gasteiger partial charge in [0.15, 0.2) is 0 Å². The molecule has 0 aliphatic rings. The zero-order valence-corrected chi connectivity index (χ0v) is 12.0. The fourth-order valence-electron chi connectivity index (χ4n) is 1.49. The second-order valence-electron chi connectivity index (χ2n) is 4.13. The molecule has 0 heterocycles. The topological polar surface area (TPSA) is 72.5 Å². The highest BCUT2D eigenvalue weighted by molar-refractivity contribution is 7.84. The lowest BCUT2D eigenvalue weighted by Gasteiger charge is -2.12. The van der Waals surface area contributed by atoms with E-state index < -0.39 is 10.8 Å². The smallest absolute Gasteiger partial charge is 0.307 e. The number of carbonyl (C=O) groups excluding carboxylic acids is 2. The van der Waals surface area contributed by atoms with Crippen LogP contribution >= 0.6 is 0 Å². The molecule has 1 N–H and O–H groups in total. The highest BCUT2D eigenvalue weighted by Gasteiger charge is 2.13. The summed E-state index contributed by atoms with van der Waals surface area (Å²) < 4.78 is 15.7. The molecule has 104 valence electrons. The van der Waals surface area contributed by atoms with Gasteiger partial charge in [0.2, 0.25) is 0 Å². The molecule has 6 heteroatoms. The number of esters is 1. The Morgan fingerprint density at radius 1 is 1.32 bits per heavy atom. The number of amides is 1. The van der Waals surface area contributed by atoms with Crippen LogP contribution in [0.5, 0.6) is 0 Å². The Morgan fingerprint density at radius 3 is 2.37 bits per heavy atom. The van der Waals surface area contributed by atoms with Crippen molar-refractivity contribution in [3.05, 3.63) is 29.8 Å². The maximum atomic E-state index is 11.9. The third-order valence-corrected chi connectivity index (χ3v) is 3.46. The molecule has 0 bridgehead atoms. The minimum absolute atomic E-state index is 0.124. The number of hydrogen-bond donors (Lipinski definition) is 1. The molecule has 0 radical (unpaired) electrons. The van der Waals surface area contributed by atoms with Gasteiger partial charge in [-0.2, -0.15) is 0 Å². The molecule has 1 amide bonds. The first-order valence-corrected chi connectivity index (χ1v) is 7.31. The van der Waals surface area contributed by atoms with Crippen LogP contribution in [0.2, 0.25) is 0 Å². The van der Waals surface area contributed by atoms with Crippen molar-refractivity contribution in [3.63, 3.8) is 0 Å². The lowest BCUT2D eigenvalue weighted by molar-refractivity contribution is -0.141. The van der Waals surface area contributed by atoms with Crippen LogP contribution in [-0.2, 0) is 20.3 Å². The molecule has 0 saturated carbocycles. The summed E-state index contributed by atoms with van der Waals surface area (Å²) in [6, 6.07) is 6.21. The van der Waals surface area contributed by atoms with E-state index in [1.54, 1.807) is 37.4 Å². The van der Waals surface area contributed by atoms with Gasteiger partial charge in [0.05, 0.1) is 13.5 Å². The van der Waals surface area contributed by atoms with Crippen molar-refractivity contribution in [1.29, 1.82) is 0 Å². The maximum absolute atomic E-state index is 11.9. The molecule has 0 spiro atoms. The number of rotatable bonds is 5. The van der Waals surface area contributed by atoms with Crippen LogP contribution in [0.3, 0.4) is 0 Å². The molecule has 1 aromatic rings. The van der Waals surface area contributed by atoms with E-state index in [-0.39, 0.29) is 24.3 Å². The molecule has 2 atom stereocenters. The van der Waals surface area contributed by atoms with E-state index in [0.717, 1.165) is 0 Å². The van der Waals surface area contributed by atoms with Crippen molar-refractivity contribution in [2.45, 2.75) is 24.3 Å². The molecule has 0 aliphatic heterocycles. The summed E-state index contributed by atoms with van der Waals surface area (Å²) in [4.78, 5) is 23.6. The first-order chi connectivity index (χ1) is 8.93. The predicted molar refractivity (Wildman–Crippen MR) is 72.3 cm³/mol. The fraction of sp³-hybridized carbons (Fsp3) is 0.385. The zero-order valence-electron chi connectivity index (χ0n) is 11.1. The molecule has 1 aromatic carbocycles. The number of hydrogen-bond acceptors (Lipinski definition) is 4. The highest BCUT2D eigenvalue weighted by atomic mass is 32.2. The summed E-state index contributed by atoms with van der Waals surface area (Å²) in [5.41, 5.74) is 0.464. The van der Waals surface area contributed by atoms with Crippen LogP contribution in [0.25, 0.3) is 0 Å². The van der Waals surface area contributed by atoms with E-state index >= 15 is 0 Å². The van der Waals surface area contributed by atoms with E-state index in [4.69, 9.17) is 0 Å². The average molecular weight is 283 g/mol. The molecule has 0 aromatic heterocycles. The van der Waals surface area contributed by atoms with Gasteiger partial charge in [-0.3, -0.25) is 13.8 Å². The van der Waals surface area contributed by atoms with Crippen LogP contribution in [0.1, 0.15) is 23.7 Å². The van der Waals surface area contributed by atoms with Gasteiger partial charge in [0.1, 0.15) is 0 Å². The van der Waals surface area contributed by atoms with Crippen LogP contribution < -0.4 is 5.32 Å². The molecule has 1 rings (SSSR count). The Hall–Kier alpha value is -1.69. The van der Waals surface area contributed by atoms with Crippen LogP contribution in [0.4, 0.5) is 0 Å². The summed E-state index contributed by atoms with van der Waals surface area (Å²) in [5.74, 6) is -0.644. The largest absolute Gasteiger partial charge is 0.469 e. The van der Waals surface area contributed by atoms with Gasteiger partial charge < -0.3 is 10.1 Å². The van der Waals surface area contributed by atoms with E-state index in [1.165, 1.54) is 7.11 Å². The summed E-state index contributed by atoms with van der Waals surface area (Å²) in [7, 11) is 0.243. The molecule has 0 fully saturated rings. The van der Waals surface area contributed by atoms with Crippen LogP contribution in [0, 0.1) is 0 Å². The average Bonchev–Trinajstić information content (AvgIpc) is 2.38. The molecule has 5 nitrogen and oxygen atoms in total. The summed E-state index contributed by atoms with van der Waals surface area (Å²) in [6.07, 6.45) is 1.70. The second-order valence-corrected chi connectivity index (χ2v) is 5.51. The second kappa shape index (κ2) is 7.04. The van der Waals surface area contributed by atoms with Crippen molar-refractivity contribution in [2.24, 2.45) is 0 Å². The van der Waals surface area contributed by atoms with Gasteiger partial charge in [-0.15, -0.1) is 0 Å². The number of benzene rings is 1. The minimum atomic E-state index is -1.06. The van der Waals surface area contributed by atoms with Crippen LogP contribution in [-0.4, -0.2) is 35.5 Å². The van der Waals surface area contributed by atoms with Gasteiger partial charge in [-0.25, -0.2) is 0 Å². The van der Waals surface area contributed by atoms with Gasteiger partial charge in [0.25, 0.3) is 5.91 Å². The Balaban J connectivity index is 2.63. The summed E-state index contributed by atoms with van der Waals surface area (Å²) in [5, 5.41) is 2.69. The Labute approximate surface area is 114 Å². The number of carbonyl (C=O) groups is 2. The monoisotopic (exact) mass is 283 g/mol. The third kappa shape index (κ3) is 4.82. The van der Waals surface area contributed by atoms with E-state index in [1.807, 2.05) is 0 Å². The van der Waals surface area contributed by atoms with Crippen molar-refractivity contribution >= 4 is 22.7 Å². The molecule has 19 heavy (non-hydrogen) atoms. The van der Waals surface area contributed by atoms with Gasteiger partial charge >= 0.3 is 5.97 Å². The van der Waals surface area contributed by atoms with Gasteiger partial charge in [0, 0.05) is 33.6 Å². The number of ether oxygens (including phenoxy) is 1. The van der Waals surface area contributed by atoms with Gasteiger partial charge in [-0.05, 0) is 31.2 Å². The summed E-state index contributed by atoms with van der Waals surface area (Å²) in [6.45, 7) is 1.73. The Morgan fingerprint density at radius 2 is 1.89 bits per heavy atom. The van der Waals surface area contributed by atoms with E-state index in [0.29, 0.717) is 10.5 Å². The lowest BCUT2D eigenvalue weighted by atomic mass is 10.2. The first kappa shape index (κ1) is 15.4. The Kier molecular flexibility index (Phi) is 5.69. The molecule has 0 aliphatic carbocycles. The SMILES string of the molecule is COC(=O)CC(C)NC(=O)c1ccc(S(C)=O)cc1. The molecule has 2 unspecified atom stereocenters. The fourth-order valence-corrected chi connectivity index (χ4v) is 2.01.